The van der Waals surface area contributed by atoms with Crippen molar-refractivity contribution >= 4 is 45.9 Å². The van der Waals surface area contributed by atoms with Gasteiger partial charge in [0.05, 0.1) is 39.5 Å². The molecule has 4 rings (SSSR count). The van der Waals surface area contributed by atoms with Crippen LogP contribution in [0.3, 0.4) is 0 Å². The number of carbonyl (C=O) groups excluding carboxylic acids is 2. The first kappa shape index (κ1) is 38.8. The highest BCUT2D eigenvalue weighted by atomic mass is 35.5. The van der Waals surface area contributed by atoms with Gasteiger partial charge >= 0.3 is 12.1 Å². The third-order valence-electron chi connectivity index (χ3n) is 7.48. The number of methoxy groups -OCH3 is 1. The number of hydrogen-bond acceptors (Lipinski definition) is 12. The zero-order chi connectivity index (χ0) is 36.6. The maximum Gasteiger partial charge on any atom is 0.410 e. The van der Waals surface area contributed by atoms with Crippen LogP contribution in [0.2, 0.25) is 5.15 Å². The Morgan fingerprint density at radius 2 is 1.94 bits per heavy atom. The molecule has 1 aliphatic heterocycles. The van der Waals surface area contributed by atoms with Gasteiger partial charge in [0.25, 0.3) is 0 Å². The third-order valence-corrected chi connectivity index (χ3v) is 8.98. The van der Waals surface area contributed by atoms with Crippen LogP contribution < -0.4 is 9.64 Å². The summed E-state index contributed by atoms with van der Waals surface area (Å²) in [6.45, 7) is 9.04. The molecule has 50 heavy (non-hydrogen) atoms. The largest absolute Gasteiger partial charge is 0.491 e. The van der Waals surface area contributed by atoms with Crippen LogP contribution in [0.5, 0.6) is 5.75 Å². The molecule has 0 saturated carbocycles. The zero-order valence-electron chi connectivity index (χ0n) is 29.8. The van der Waals surface area contributed by atoms with E-state index in [9.17, 15) is 14.0 Å². The smallest absolute Gasteiger partial charge is 0.410 e. The predicted molar refractivity (Wildman–Crippen MR) is 190 cm³/mol. The average Bonchev–Trinajstić information content (AvgIpc) is 3.48. The molecule has 1 aliphatic rings. The molecule has 0 aliphatic carbocycles. The van der Waals surface area contributed by atoms with Gasteiger partial charge in [-0.2, -0.15) is 0 Å². The van der Waals surface area contributed by atoms with E-state index in [0.29, 0.717) is 60.3 Å². The maximum atomic E-state index is 14.7. The molecule has 1 amide bonds. The molecule has 1 aromatic carbocycles. The molecule has 2 aromatic heterocycles. The molecule has 270 valence electrons. The van der Waals surface area contributed by atoms with Crippen molar-refractivity contribution in [3.8, 4) is 17.6 Å². The standard InChI is InChI=1S/C35H44ClFN6O6S/c1-22-25-20-24(47-18-16-42(7)34(45)49-35(2,3)4)21-43(31(25)40-39-30(22)36)33-38-29(32(44)46-8)28(50-33)12-10-17-48-27-14-13-23(19-26(27)37)11-9-15-41(5)6/h13-14,19,24H,10,12,15-18,20-21H2,1-8H3. The number of likely N-dealkylation sites (N-methyl/N-ethyl adjacent to an activating group) is 1. The fraction of sp³-hybridized carbons (Fsp3) is 0.514. The molecule has 1 unspecified atom stereocenters. The summed E-state index contributed by atoms with van der Waals surface area (Å²) in [6, 6.07) is 4.64. The first-order valence-corrected chi connectivity index (χ1v) is 17.3. The molecule has 3 aromatic rings. The molecule has 0 bridgehead atoms. The molecular formula is C35H44ClFN6O6S. The van der Waals surface area contributed by atoms with E-state index >= 15 is 0 Å². The number of thiazole rings is 1. The number of hydrogen-bond donors (Lipinski definition) is 0. The van der Waals surface area contributed by atoms with Crippen molar-refractivity contribution < 1.29 is 32.9 Å². The second-order valence-electron chi connectivity index (χ2n) is 13.0. The minimum atomic E-state index is -0.605. The number of amides is 1. The van der Waals surface area contributed by atoms with Gasteiger partial charge in [0.1, 0.15) is 5.60 Å². The van der Waals surface area contributed by atoms with Crippen molar-refractivity contribution in [3.05, 3.63) is 56.4 Å². The minimum Gasteiger partial charge on any atom is -0.491 e. The van der Waals surface area contributed by atoms with Gasteiger partial charge < -0.3 is 23.8 Å². The Bertz CT molecular complexity index is 1740. The van der Waals surface area contributed by atoms with Gasteiger partial charge in [-0.05, 0) is 78.4 Å². The van der Waals surface area contributed by atoms with E-state index in [2.05, 4.69) is 27.0 Å². The topological polar surface area (TPSA) is 119 Å². The monoisotopic (exact) mass is 730 g/mol. The van der Waals surface area contributed by atoms with Crippen LogP contribution in [0, 0.1) is 24.6 Å². The summed E-state index contributed by atoms with van der Waals surface area (Å²) in [6.07, 6.45) is 0.687. The number of nitrogens with zero attached hydrogens (tertiary/aromatic N) is 6. The summed E-state index contributed by atoms with van der Waals surface area (Å²) >= 11 is 7.69. The van der Waals surface area contributed by atoms with E-state index in [1.165, 1.54) is 29.4 Å². The number of carbonyl (C=O) groups is 2. The first-order valence-electron chi connectivity index (χ1n) is 16.2. The summed E-state index contributed by atoms with van der Waals surface area (Å²) in [4.78, 5) is 35.9. The van der Waals surface area contributed by atoms with Crippen LogP contribution in [0.25, 0.3) is 0 Å². The number of benzene rings is 1. The fourth-order valence-electron chi connectivity index (χ4n) is 4.92. The lowest BCUT2D eigenvalue weighted by molar-refractivity contribution is 0.0130. The lowest BCUT2D eigenvalue weighted by Gasteiger charge is -2.34. The number of halogens is 2. The van der Waals surface area contributed by atoms with E-state index in [0.717, 1.165) is 11.1 Å². The van der Waals surface area contributed by atoms with E-state index < -0.39 is 23.5 Å². The molecule has 1 atom stereocenters. The van der Waals surface area contributed by atoms with Crippen LogP contribution in [-0.4, -0.2) is 110 Å². The predicted octanol–water partition coefficient (Wildman–Crippen LogP) is 5.69. The van der Waals surface area contributed by atoms with E-state index in [-0.39, 0.29) is 35.9 Å². The fourth-order valence-corrected chi connectivity index (χ4v) is 6.17. The molecule has 0 spiro atoms. The number of rotatable bonds is 12. The van der Waals surface area contributed by atoms with Crippen molar-refractivity contribution in [1.29, 1.82) is 0 Å². The SMILES string of the molecule is COC(=O)c1nc(N2CC(OCCN(C)C(=O)OC(C)(C)C)Cc3c2nnc(Cl)c3C)sc1CCCOc1ccc(C#CCN(C)C)cc1F. The van der Waals surface area contributed by atoms with Gasteiger partial charge in [0.2, 0.25) is 0 Å². The maximum absolute atomic E-state index is 14.7. The summed E-state index contributed by atoms with van der Waals surface area (Å²) < 4.78 is 37.2. The van der Waals surface area contributed by atoms with Crippen molar-refractivity contribution in [2.75, 3.05) is 66.0 Å². The first-order chi connectivity index (χ1) is 23.7. The van der Waals surface area contributed by atoms with Gasteiger partial charge in [0.15, 0.2) is 33.4 Å². The summed E-state index contributed by atoms with van der Waals surface area (Å²) in [5.74, 6) is 5.56. The highest BCUT2D eigenvalue weighted by Crippen LogP contribution is 2.39. The summed E-state index contributed by atoms with van der Waals surface area (Å²) in [5, 5.41) is 9.32. The number of ether oxygens (including phenoxy) is 4. The lowest BCUT2D eigenvalue weighted by atomic mass is 10.00. The molecule has 15 heteroatoms. The molecule has 3 heterocycles. The van der Waals surface area contributed by atoms with Gasteiger partial charge in [0, 0.05) is 36.0 Å². The Balaban J connectivity index is 1.47. The minimum absolute atomic E-state index is 0.127. The Morgan fingerprint density at radius 1 is 1.18 bits per heavy atom. The highest BCUT2D eigenvalue weighted by Gasteiger charge is 2.33. The average molecular weight is 731 g/mol. The van der Waals surface area contributed by atoms with Crippen molar-refractivity contribution in [2.45, 2.75) is 58.7 Å². The normalized spacial score (nSPS) is 14.1. The van der Waals surface area contributed by atoms with E-state index in [1.54, 1.807) is 19.2 Å². The van der Waals surface area contributed by atoms with Crippen LogP contribution in [0.1, 0.15) is 59.2 Å². The molecule has 0 saturated heterocycles. The zero-order valence-corrected chi connectivity index (χ0v) is 31.3. The molecular weight excluding hydrogens is 687 g/mol. The molecule has 12 nitrogen and oxygen atoms in total. The van der Waals surface area contributed by atoms with Gasteiger partial charge in [-0.25, -0.2) is 19.0 Å². The molecule has 0 radical (unpaired) electrons. The molecule has 0 N–H and O–H groups in total. The van der Waals surface area contributed by atoms with Crippen LogP contribution in [0.15, 0.2) is 18.2 Å². The lowest BCUT2D eigenvalue weighted by Crippen LogP contribution is -2.41. The van der Waals surface area contributed by atoms with E-state index in [1.807, 2.05) is 51.6 Å². The van der Waals surface area contributed by atoms with Crippen molar-refractivity contribution in [1.82, 2.24) is 25.0 Å². The Labute approximate surface area is 301 Å². The Hall–Kier alpha value is -4.03. The third kappa shape index (κ3) is 10.5. The second-order valence-corrected chi connectivity index (χ2v) is 14.4. The summed E-state index contributed by atoms with van der Waals surface area (Å²) in [5.41, 5.74) is 1.76. The Kier molecular flexibility index (Phi) is 13.4. The van der Waals surface area contributed by atoms with Crippen LogP contribution in [-0.2, 0) is 27.1 Å². The van der Waals surface area contributed by atoms with Gasteiger partial charge in [-0.15, -0.1) is 21.5 Å². The molecule has 0 fully saturated rings. The van der Waals surface area contributed by atoms with E-state index in [4.69, 9.17) is 30.5 Å². The van der Waals surface area contributed by atoms with Gasteiger partial charge in [-0.1, -0.05) is 23.4 Å². The number of aromatic nitrogens is 3. The van der Waals surface area contributed by atoms with Crippen molar-refractivity contribution in [3.63, 3.8) is 0 Å². The summed E-state index contributed by atoms with van der Waals surface area (Å²) in [7, 11) is 6.79. The van der Waals surface area contributed by atoms with Crippen LogP contribution in [0.4, 0.5) is 20.1 Å². The highest BCUT2D eigenvalue weighted by molar-refractivity contribution is 7.16. The number of fused-ring (bicyclic) bond motifs is 1. The number of aryl methyl sites for hydroxylation is 1. The number of anilines is 2. The van der Waals surface area contributed by atoms with Gasteiger partial charge in [-0.3, -0.25) is 9.80 Å². The quantitative estimate of drug-likeness (QED) is 0.130. The second kappa shape index (κ2) is 17.3. The van der Waals surface area contributed by atoms with Crippen molar-refractivity contribution in [2.24, 2.45) is 0 Å². The Morgan fingerprint density at radius 3 is 2.62 bits per heavy atom. The van der Waals surface area contributed by atoms with Crippen LogP contribution >= 0.6 is 22.9 Å². The number of esters is 1.